The summed E-state index contributed by atoms with van der Waals surface area (Å²) in [5.74, 6) is 0.429. The molecule has 1 aliphatic heterocycles. The fraction of sp³-hybridized carbons (Fsp3) is 0.900. The van der Waals surface area contributed by atoms with E-state index in [0.717, 1.165) is 32.2 Å². The zero-order valence-electron chi connectivity index (χ0n) is 8.44. The third-order valence-electron chi connectivity index (χ3n) is 2.80. The Balaban J connectivity index is 2.65. The highest BCUT2D eigenvalue weighted by atomic mass is 16.3. The lowest BCUT2D eigenvalue weighted by atomic mass is 9.97. The van der Waals surface area contributed by atoms with Gasteiger partial charge in [-0.3, -0.25) is 4.79 Å². The molecule has 0 aliphatic carbocycles. The van der Waals surface area contributed by atoms with E-state index in [2.05, 4.69) is 13.8 Å². The average molecular weight is 185 g/mol. The predicted octanol–water partition coefficient (Wildman–Crippen LogP) is 1.01. The maximum atomic E-state index is 10.8. The second kappa shape index (κ2) is 4.61. The summed E-state index contributed by atoms with van der Waals surface area (Å²) in [6.45, 7) is 4.99. The fourth-order valence-corrected chi connectivity index (χ4v) is 1.99. The van der Waals surface area contributed by atoms with E-state index >= 15 is 0 Å². The second-order valence-electron chi connectivity index (χ2n) is 4.19. The van der Waals surface area contributed by atoms with Crippen LogP contribution in [0.3, 0.4) is 0 Å². The summed E-state index contributed by atoms with van der Waals surface area (Å²) in [5.41, 5.74) is 0. The Labute approximate surface area is 79.7 Å². The monoisotopic (exact) mass is 185 g/mol. The lowest BCUT2D eigenvalue weighted by Crippen LogP contribution is -2.38. The van der Waals surface area contributed by atoms with Crippen LogP contribution >= 0.6 is 0 Å². The van der Waals surface area contributed by atoms with Crippen molar-refractivity contribution in [1.29, 1.82) is 0 Å². The van der Waals surface area contributed by atoms with Crippen molar-refractivity contribution in [2.45, 2.75) is 45.3 Å². The minimum absolute atomic E-state index is 0.218. The van der Waals surface area contributed by atoms with Gasteiger partial charge in [0.15, 0.2) is 0 Å². The number of likely N-dealkylation sites (tertiary alicyclic amines) is 1. The van der Waals surface area contributed by atoms with Gasteiger partial charge in [-0.1, -0.05) is 13.8 Å². The Morgan fingerprint density at radius 1 is 1.54 bits per heavy atom. The Hall–Kier alpha value is -0.570. The minimum atomic E-state index is -0.225. The van der Waals surface area contributed by atoms with Crippen molar-refractivity contribution in [3.63, 3.8) is 0 Å². The van der Waals surface area contributed by atoms with E-state index in [4.69, 9.17) is 0 Å². The molecule has 13 heavy (non-hydrogen) atoms. The molecule has 0 spiro atoms. The van der Waals surface area contributed by atoms with Gasteiger partial charge in [-0.2, -0.15) is 0 Å². The minimum Gasteiger partial charge on any atom is -0.393 e. The number of hydrogen-bond donors (Lipinski definition) is 1. The highest BCUT2D eigenvalue weighted by Crippen LogP contribution is 2.21. The quantitative estimate of drug-likeness (QED) is 0.652. The number of carbonyl (C=O) groups excluding carboxylic acids is 1. The van der Waals surface area contributed by atoms with Gasteiger partial charge in [0.05, 0.1) is 6.10 Å². The molecule has 0 aromatic carbocycles. The molecule has 0 aromatic rings. The molecule has 1 heterocycles. The summed E-state index contributed by atoms with van der Waals surface area (Å²) in [4.78, 5) is 12.6. The third kappa shape index (κ3) is 2.69. The lowest BCUT2D eigenvalue weighted by molar-refractivity contribution is -0.121. The Bertz CT molecular complexity index is 170. The van der Waals surface area contributed by atoms with E-state index in [9.17, 15) is 9.90 Å². The van der Waals surface area contributed by atoms with Crippen molar-refractivity contribution in [2.24, 2.45) is 5.92 Å². The van der Waals surface area contributed by atoms with Gasteiger partial charge in [-0.05, 0) is 25.2 Å². The molecule has 1 fully saturated rings. The summed E-state index contributed by atoms with van der Waals surface area (Å²) >= 11 is 0. The number of amides is 1. The van der Waals surface area contributed by atoms with Gasteiger partial charge in [0, 0.05) is 12.6 Å². The molecule has 2 atom stereocenters. The molecule has 0 aromatic heterocycles. The first-order valence-electron chi connectivity index (χ1n) is 5.04. The van der Waals surface area contributed by atoms with Gasteiger partial charge in [-0.15, -0.1) is 0 Å². The molecular formula is C10H19NO2. The van der Waals surface area contributed by atoms with Crippen molar-refractivity contribution in [2.75, 3.05) is 6.54 Å². The predicted molar refractivity (Wildman–Crippen MR) is 51.3 cm³/mol. The van der Waals surface area contributed by atoms with Crippen LogP contribution in [-0.2, 0) is 4.79 Å². The van der Waals surface area contributed by atoms with Crippen LogP contribution in [0.4, 0.5) is 0 Å². The molecule has 3 heteroatoms. The van der Waals surface area contributed by atoms with Crippen molar-refractivity contribution in [1.82, 2.24) is 4.90 Å². The number of aliphatic hydroxyl groups is 1. The van der Waals surface area contributed by atoms with Crippen LogP contribution in [0.15, 0.2) is 0 Å². The van der Waals surface area contributed by atoms with E-state index in [-0.39, 0.29) is 12.1 Å². The van der Waals surface area contributed by atoms with Crippen molar-refractivity contribution in [3.05, 3.63) is 0 Å². The van der Waals surface area contributed by atoms with E-state index in [1.165, 1.54) is 0 Å². The summed E-state index contributed by atoms with van der Waals surface area (Å²) in [6.07, 6.45) is 3.17. The Kier molecular flexibility index (Phi) is 3.72. The standard InChI is InChI=1S/C10H19NO2/c1-8(2)10-6-9(13)4-3-5-11(10)7-12/h7-10,13H,3-6H2,1-2H3. The molecule has 1 saturated heterocycles. The van der Waals surface area contributed by atoms with E-state index in [1.807, 2.05) is 4.90 Å². The SMILES string of the molecule is CC(C)C1CC(O)CCCN1C=O. The molecule has 0 saturated carbocycles. The smallest absolute Gasteiger partial charge is 0.209 e. The van der Waals surface area contributed by atoms with Crippen LogP contribution in [0, 0.1) is 5.92 Å². The van der Waals surface area contributed by atoms with Crippen molar-refractivity contribution in [3.8, 4) is 0 Å². The molecule has 0 bridgehead atoms. The highest BCUT2D eigenvalue weighted by Gasteiger charge is 2.26. The third-order valence-corrected chi connectivity index (χ3v) is 2.80. The molecule has 2 unspecified atom stereocenters. The van der Waals surface area contributed by atoms with Gasteiger partial charge >= 0.3 is 0 Å². The van der Waals surface area contributed by atoms with Crippen LogP contribution in [0.5, 0.6) is 0 Å². The van der Waals surface area contributed by atoms with E-state index in [0.29, 0.717) is 5.92 Å². The Morgan fingerprint density at radius 2 is 2.23 bits per heavy atom. The first-order valence-corrected chi connectivity index (χ1v) is 5.04. The Morgan fingerprint density at radius 3 is 2.77 bits per heavy atom. The number of rotatable bonds is 2. The molecule has 76 valence electrons. The topological polar surface area (TPSA) is 40.5 Å². The summed E-state index contributed by atoms with van der Waals surface area (Å²) < 4.78 is 0. The molecule has 3 nitrogen and oxygen atoms in total. The van der Waals surface area contributed by atoms with Gasteiger partial charge in [0.1, 0.15) is 0 Å². The van der Waals surface area contributed by atoms with E-state index in [1.54, 1.807) is 0 Å². The highest BCUT2D eigenvalue weighted by molar-refractivity contribution is 5.47. The molecule has 0 radical (unpaired) electrons. The first kappa shape index (κ1) is 10.5. The van der Waals surface area contributed by atoms with Crippen LogP contribution in [0.1, 0.15) is 33.1 Å². The van der Waals surface area contributed by atoms with Gasteiger partial charge in [0.2, 0.25) is 6.41 Å². The second-order valence-corrected chi connectivity index (χ2v) is 4.19. The number of nitrogens with zero attached hydrogens (tertiary/aromatic N) is 1. The molecule has 1 aliphatic rings. The largest absolute Gasteiger partial charge is 0.393 e. The molecule has 1 rings (SSSR count). The van der Waals surface area contributed by atoms with Crippen molar-refractivity contribution >= 4 is 6.41 Å². The van der Waals surface area contributed by atoms with Crippen LogP contribution in [-0.4, -0.2) is 35.1 Å². The molecular weight excluding hydrogens is 166 g/mol. The summed E-state index contributed by atoms with van der Waals surface area (Å²) in [5, 5.41) is 9.58. The maximum Gasteiger partial charge on any atom is 0.209 e. The van der Waals surface area contributed by atoms with Gasteiger partial charge < -0.3 is 10.0 Å². The average Bonchev–Trinajstić information content (AvgIpc) is 2.26. The van der Waals surface area contributed by atoms with Gasteiger partial charge in [0.25, 0.3) is 0 Å². The molecule has 1 amide bonds. The summed E-state index contributed by atoms with van der Waals surface area (Å²) in [6, 6.07) is 0.218. The van der Waals surface area contributed by atoms with E-state index < -0.39 is 0 Å². The summed E-state index contributed by atoms with van der Waals surface area (Å²) in [7, 11) is 0. The van der Waals surface area contributed by atoms with Crippen LogP contribution < -0.4 is 0 Å². The first-order chi connectivity index (χ1) is 6.15. The fourth-order valence-electron chi connectivity index (χ4n) is 1.99. The van der Waals surface area contributed by atoms with Crippen molar-refractivity contribution < 1.29 is 9.90 Å². The van der Waals surface area contributed by atoms with Crippen LogP contribution in [0.2, 0.25) is 0 Å². The number of aliphatic hydroxyl groups excluding tert-OH is 1. The maximum absolute atomic E-state index is 10.8. The number of hydrogen-bond acceptors (Lipinski definition) is 2. The number of carbonyl (C=O) groups is 1. The van der Waals surface area contributed by atoms with Gasteiger partial charge in [-0.25, -0.2) is 0 Å². The zero-order valence-corrected chi connectivity index (χ0v) is 8.44. The zero-order chi connectivity index (χ0) is 9.84. The van der Waals surface area contributed by atoms with Crippen LogP contribution in [0.25, 0.3) is 0 Å². The normalized spacial score (nSPS) is 30.3. The lowest BCUT2D eigenvalue weighted by Gasteiger charge is -2.29. The molecule has 1 N–H and O–H groups in total.